The Hall–Kier alpha value is -0.380. The molecular formula is C15H21BrN2. The lowest BCUT2D eigenvalue weighted by Gasteiger charge is -2.26. The molecule has 0 spiro atoms. The second-order valence-electron chi connectivity index (χ2n) is 5.83. The first kappa shape index (κ1) is 12.6. The van der Waals surface area contributed by atoms with Gasteiger partial charge in [-0.15, -0.1) is 0 Å². The van der Waals surface area contributed by atoms with Crippen LogP contribution in [0.3, 0.4) is 0 Å². The molecule has 0 radical (unpaired) electrons. The molecule has 3 heteroatoms. The third-order valence-corrected chi connectivity index (χ3v) is 5.15. The molecule has 3 unspecified atom stereocenters. The fraction of sp³-hybridized carbons (Fsp3) is 0.600. The molecule has 2 aliphatic rings. The number of halogens is 1. The summed E-state index contributed by atoms with van der Waals surface area (Å²) in [7, 11) is 2.24. The van der Waals surface area contributed by atoms with Crippen LogP contribution in [0.1, 0.15) is 24.8 Å². The number of hydrogen-bond donors (Lipinski definition) is 1. The number of benzene rings is 1. The SMILES string of the molecule is CN(Cc1ccccc1Br)CC1CC2CCC1N2. The van der Waals surface area contributed by atoms with E-state index in [-0.39, 0.29) is 0 Å². The van der Waals surface area contributed by atoms with E-state index in [9.17, 15) is 0 Å². The second-order valence-corrected chi connectivity index (χ2v) is 6.69. The average molecular weight is 309 g/mol. The molecule has 2 bridgehead atoms. The van der Waals surface area contributed by atoms with Gasteiger partial charge in [0.15, 0.2) is 0 Å². The van der Waals surface area contributed by atoms with E-state index >= 15 is 0 Å². The van der Waals surface area contributed by atoms with Gasteiger partial charge in [0.05, 0.1) is 0 Å². The zero-order chi connectivity index (χ0) is 12.5. The summed E-state index contributed by atoms with van der Waals surface area (Å²) in [6.45, 7) is 2.25. The Morgan fingerprint density at radius 1 is 1.33 bits per heavy atom. The summed E-state index contributed by atoms with van der Waals surface area (Å²) in [5, 5.41) is 3.72. The lowest BCUT2D eigenvalue weighted by atomic mass is 9.89. The van der Waals surface area contributed by atoms with E-state index in [0.717, 1.165) is 24.5 Å². The summed E-state index contributed by atoms with van der Waals surface area (Å²) in [5.41, 5.74) is 1.39. The molecular weight excluding hydrogens is 288 g/mol. The molecule has 1 N–H and O–H groups in total. The van der Waals surface area contributed by atoms with Crippen molar-refractivity contribution < 1.29 is 0 Å². The van der Waals surface area contributed by atoms with Gasteiger partial charge >= 0.3 is 0 Å². The Bertz CT molecular complexity index is 421. The molecule has 2 fully saturated rings. The highest BCUT2D eigenvalue weighted by molar-refractivity contribution is 9.10. The monoisotopic (exact) mass is 308 g/mol. The van der Waals surface area contributed by atoms with Crippen LogP contribution in [0.5, 0.6) is 0 Å². The molecule has 3 atom stereocenters. The van der Waals surface area contributed by atoms with Crippen molar-refractivity contribution in [3.8, 4) is 0 Å². The van der Waals surface area contributed by atoms with E-state index in [1.165, 1.54) is 35.8 Å². The van der Waals surface area contributed by atoms with Crippen LogP contribution >= 0.6 is 15.9 Å². The quantitative estimate of drug-likeness (QED) is 0.920. The minimum atomic E-state index is 0.789. The first-order valence-electron chi connectivity index (χ1n) is 6.90. The summed E-state index contributed by atoms with van der Waals surface area (Å²) in [6.07, 6.45) is 4.16. The van der Waals surface area contributed by atoms with Crippen molar-refractivity contribution in [2.45, 2.75) is 37.9 Å². The maximum Gasteiger partial charge on any atom is 0.0242 e. The normalized spacial score (nSPS) is 30.3. The Kier molecular flexibility index (Phi) is 3.73. The van der Waals surface area contributed by atoms with Crippen LogP contribution in [0.15, 0.2) is 28.7 Å². The number of fused-ring (bicyclic) bond motifs is 2. The molecule has 0 amide bonds. The summed E-state index contributed by atoms with van der Waals surface area (Å²) < 4.78 is 1.22. The number of nitrogens with one attached hydrogen (secondary N) is 1. The largest absolute Gasteiger partial charge is 0.311 e. The average Bonchev–Trinajstić information content (AvgIpc) is 2.94. The summed E-state index contributed by atoms with van der Waals surface area (Å²) >= 11 is 3.63. The van der Waals surface area contributed by atoms with E-state index in [4.69, 9.17) is 0 Å². The first-order valence-corrected chi connectivity index (χ1v) is 7.69. The maximum absolute atomic E-state index is 3.72. The van der Waals surface area contributed by atoms with Gasteiger partial charge in [-0.3, -0.25) is 0 Å². The molecule has 1 aromatic carbocycles. The Labute approximate surface area is 118 Å². The molecule has 2 nitrogen and oxygen atoms in total. The Morgan fingerprint density at radius 2 is 2.17 bits per heavy atom. The Balaban J connectivity index is 1.56. The third-order valence-electron chi connectivity index (χ3n) is 4.38. The first-order chi connectivity index (χ1) is 8.72. The zero-order valence-electron chi connectivity index (χ0n) is 10.9. The second kappa shape index (κ2) is 5.32. The van der Waals surface area contributed by atoms with Gasteiger partial charge in [-0.25, -0.2) is 0 Å². The predicted molar refractivity (Wildman–Crippen MR) is 78.5 cm³/mol. The van der Waals surface area contributed by atoms with Crippen LogP contribution in [-0.4, -0.2) is 30.6 Å². The summed E-state index contributed by atoms with van der Waals surface area (Å²) in [4.78, 5) is 2.47. The molecule has 0 saturated carbocycles. The van der Waals surface area contributed by atoms with E-state index < -0.39 is 0 Å². The van der Waals surface area contributed by atoms with Crippen molar-refractivity contribution in [2.24, 2.45) is 5.92 Å². The zero-order valence-corrected chi connectivity index (χ0v) is 12.5. The van der Waals surface area contributed by atoms with Gasteiger partial charge in [0.2, 0.25) is 0 Å². The van der Waals surface area contributed by atoms with Crippen molar-refractivity contribution in [1.29, 1.82) is 0 Å². The van der Waals surface area contributed by atoms with Crippen molar-refractivity contribution in [3.63, 3.8) is 0 Å². The minimum Gasteiger partial charge on any atom is -0.311 e. The maximum atomic E-state index is 3.72. The fourth-order valence-electron chi connectivity index (χ4n) is 3.52. The smallest absolute Gasteiger partial charge is 0.0242 e. The van der Waals surface area contributed by atoms with Gasteiger partial charge in [0.1, 0.15) is 0 Å². The molecule has 0 aromatic heterocycles. The van der Waals surface area contributed by atoms with Crippen LogP contribution in [0.2, 0.25) is 0 Å². The molecule has 2 saturated heterocycles. The predicted octanol–water partition coefficient (Wildman–Crippen LogP) is 3.02. The van der Waals surface area contributed by atoms with Crippen LogP contribution in [0.25, 0.3) is 0 Å². The molecule has 3 rings (SSSR count). The molecule has 2 heterocycles. The highest BCUT2D eigenvalue weighted by atomic mass is 79.9. The van der Waals surface area contributed by atoms with E-state index in [2.05, 4.69) is 57.5 Å². The molecule has 1 aromatic rings. The number of hydrogen-bond acceptors (Lipinski definition) is 2. The number of nitrogens with zero attached hydrogens (tertiary/aromatic N) is 1. The molecule has 98 valence electrons. The topological polar surface area (TPSA) is 15.3 Å². The van der Waals surface area contributed by atoms with Gasteiger partial charge in [0, 0.05) is 29.6 Å². The lowest BCUT2D eigenvalue weighted by molar-refractivity contribution is 0.242. The van der Waals surface area contributed by atoms with Gasteiger partial charge < -0.3 is 10.2 Å². The third kappa shape index (κ3) is 2.63. The summed E-state index contributed by atoms with van der Waals surface area (Å²) in [5.74, 6) is 0.858. The molecule has 0 aliphatic carbocycles. The van der Waals surface area contributed by atoms with Crippen molar-refractivity contribution in [1.82, 2.24) is 10.2 Å². The fourth-order valence-corrected chi connectivity index (χ4v) is 3.93. The van der Waals surface area contributed by atoms with Crippen molar-refractivity contribution in [2.75, 3.05) is 13.6 Å². The van der Waals surface area contributed by atoms with Gasteiger partial charge in [-0.05, 0) is 43.9 Å². The highest BCUT2D eigenvalue weighted by Gasteiger charge is 2.39. The van der Waals surface area contributed by atoms with Crippen molar-refractivity contribution in [3.05, 3.63) is 34.3 Å². The van der Waals surface area contributed by atoms with Gasteiger partial charge in [-0.1, -0.05) is 34.1 Å². The van der Waals surface area contributed by atoms with Gasteiger partial charge in [0.25, 0.3) is 0 Å². The highest BCUT2D eigenvalue weighted by Crippen LogP contribution is 2.33. The molecule has 18 heavy (non-hydrogen) atoms. The van der Waals surface area contributed by atoms with Crippen LogP contribution in [0, 0.1) is 5.92 Å². The summed E-state index contributed by atoms with van der Waals surface area (Å²) in [6, 6.07) is 10.1. The van der Waals surface area contributed by atoms with Crippen LogP contribution in [0.4, 0.5) is 0 Å². The van der Waals surface area contributed by atoms with Crippen molar-refractivity contribution >= 4 is 15.9 Å². The van der Waals surface area contributed by atoms with Gasteiger partial charge in [-0.2, -0.15) is 0 Å². The van der Waals surface area contributed by atoms with Crippen LogP contribution < -0.4 is 5.32 Å². The lowest BCUT2D eigenvalue weighted by Crippen LogP contribution is -2.32. The Morgan fingerprint density at radius 3 is 2.83 bits per heavy atom. The van der Waals surface area contributed by atoms with E-state index in [1.54, 1.807) is 0 Å². The minimum absolute atomic E-state index is 0.789. The van der Waals surface area contributed by atoms with E-state index in [1.807, 2.05) is 0 Å². The molecule has 2 aliphatic heterocycles. The van der Waals surface area contributed by atoms with E-state index in [0.29, 0.717) is 0 Å². The standard InChI is InChI=1S/C15H21BrN2/c1-18(9-11-4-2-3-5-14(11)16)10-12-8-13-6-7-15(12)17-13/h2-5,12-13,15,17H,6-10H2,1H3. The number of rotatable bonds is 4. The van der Waals surface area contributed by atoms with Crippen LogP contribution in [-0.2, 0) is 6.54 Å².